The highest BCUT2D eigenvalue weighted by Gasteiger charge is 2.41. The Morgan fingerprint density at radius 2 is 0.385 bits per heavy atom. The lowest BCUT2D eigenvalue weighted by Gasteiger charge is -2.27. The van der Waals surface area contributed by atoms with E-state index in [-0.39, 0.29) is 206 Å². The van der Waals surface area contributed by atoms with E-state index in [1.807, 2.05) is 111 Å². The molecular formula is C107H192N16O20. The predicted molar refractivity (Wildman–Crippen MR) is 556 cm³/mol. The predicted octanol–water partition coefficient (Wildman–Crippen LogP) is 8.65. The smallest absolute Gasteiger partial charge is 0.243 e. The second-order valence-corrected chi connectivity index (χ2v) is 44.1. The number of nitrogens with one attached hydrogen (secondary N) is 10. The van der Waals surface area contributed by atoms with Crippen molar-refractivity contribution in [1.82, 2.24) is 53.2 Å². The van der Waals surface area contributed by atoms with Gasteiger partial charge in [0.2, 0.25) is 65.0 Å². The van der Waals surface area contributed by atoms with Gasteiger partial charge in [-0.05, 0) is 242 Å². The van der Waals surface area contributed by atoms with Crippen LogP contribution in [-0.4, -0.2) is 210 Å². The van der Waals surface area contributed by atoms with Gasteiger partial charge < -0.3 is 87.6 Å². The average Bonchev–Trinajstić information content (AvgIpc) is 0.883. The summed E-state index contributed by atoms with van der Waals surface area (Å²) in [7, 11) is 0. The second kappa shape index (κ2) is 72.3. The van der Waals surface area contributed by atoms with E-state index in [1.165, 1.54) is 48.5 Å². The fourth-order valence-electron chi connectivity index (χ4n) is 17.8. The Bertz CT molecular complexity index is 4000. The van der Waals surface area contributed by atoms with Gasteiger partial charge in [-0.15, -0.1) is 0 Å². The van der Waals surface area contributed by atoms with E-state index in [0.717, 1.165) is 0 Å². The molecule has 0 fully saturated rings. The molecule has 0 aromatic carbocycles. The summed E-state index contributed by atoms with van der Waals surface area (Å²) >= 11 is 0. The summed E-state index contributed by atoms with van der Waals surface area (Å²) in [6.07, 6.45) is 4.83. The van der Waals surface area contributed by atoms with Gasteiger partial charge in [-0.2, -0.15) is 0 Å². The highest BCUT2D eigenvalue weighted by Crippen LogP contribution is 2.29. The highest BCUT2D eigenvalue weighted by atomic mass is 16.2. The van der Waals surface area contributed by atoms with Gasteiger partial charge >= 0.3 is 0 Å². The maximum atomic E-state index is 14.7. The minimum atomic E-state index is -1.23. The third-order valence-corrected chi connectivity index (χ3v) is 26.0. The van der Waals surface area contributed by atoms with Crippen LogP contribution < -0.4 is 87.6 Å². The summed E-state index contributed by atoms with van der Waals surface area (Å²) in [5, 5.41) is 28.2. The summed E-state index contributed by atoms with van der Waals surface area (Å²) < 4.78 is 0. The molecular weight excluding hydrogens is 1830 g/mol. The molecule has 36 nitrogen and oxygen atoms in total. The van der Waals surface area contributed by atoms with E-state index >= 15 is 0 Å². The SMILES string of the molecule is CC(=O)N[C@H](CCCCN)C(=O)CC(CC(C)C)C(=O)N[C@H](C)C(=O)CC(CC(C)C)C(=O)N[C@H](CCCCN)C(=O)CC(CC(C)C)C(=O)N[C@H](C)C(=O)CC(CC(C)C)C(=O)N[C@H](CCCCN)C(=O)C[C@H](C)C(=O)N[C@H](CC(C)C)C(=O)N[C@H](CCCCN)C(=O)C[C@H](CC(C)C)C(=O)N[C@H](C)C(=O)C[C@H](C)C(=O)N[C@H](CC(C)C)C(=O)C[C@H](CCCCN)C(=O)N[C@H](CC(C)C)C(=O)C[C@H](C)C(N)=O. The minimum Gasteiger partial charge on any atom is -0.369 e. The molecule has 0 saturated heterocycles. The van der Waals surface area contributed by atoms with E-state index < -0.39 is 220 Å². The van der Waals surface area contributed by atoms with Gasteiger partial charge in [-0.25, -0.2) is 0 Å². The number of ketones is 9. The Labute approximate surface area is 854 Å². The number of amides is 11. The van der Waals surface area contributed by atoms with Crippen molar-refractivity contribution in [2.45, 2.75) is 425 Å². The van der Waals surface area contributed by atoms with E-state index in [9.17, 15) is 95.9 Å². The molecule has 0 bridgehead atoms. The van der Waals surface area contributed by atoms with Crippen molar-refractivity contribution >= 4 is 117 Å². The zero-order valence-corrected chi connectivity index (χ0v) is 91.4. The summed E-state index contributed by atoms with van der Waals surface area (Å²) in [6, 6.07) is -10.9. The van der Waals surface area contributed by atoms with E-state index in [2.05, 4.69) is 53.2 Å². The van der Waals surface area contributed by atoms with Gasteiger partial charge in [-0.3, -0.25) is 95.9 Å². The van der Waals surface area contributed by atoms with Crippen LogP contribution in [0.3, 0.4) is 0 Å². The fourth-order valence-corrected chi connectivity index (χ4v) is 17.8. The number of carbonyl (C=O) groups is 20. The molecule has 36 heteroatoms. The molecule has 11 amide bonds. The molecule has 0 rings (SSSR count). The van der Waals surface area contributed by atoms with Crippen LogP contribution in [0.25, 0.3) is 0 Å². The van der Waals surface area contributed by atoms with Crippen molar-refractivity contribution in [3.05, 3.63) is 0 Å². The maximum Gasteiger partial charge on any atom is 0.243 e. The van der Waals surface area contributed by atoms with Crippen molar-refractivity contribution in [1.29, 1.82) is 0 Å². The summed E-state index contributed by atoms with van der Waals surface area (Å²) in [5.41, 5.74) is 34.7. The molecule has 0 heterocycles. The molecule has 143 heavy (non-hydrogen) atoms. The standard InChI is InChI=1S/C107H192N16O20/c1-61(2)44-77(56-90(126)74(22)116-104(140)80(47-64(7)8)59-95(131)84(37-27-32-42-111)119-106(142)78(45-62(3)4)57-91(127)73(21)115-103(139)79(46-63(5)6)58-94(130)82(117-75(23)124)35-25-30-40-109)105(141)118-83(36-26-31-41-110)92(128)54-71(19)100(136)123-88(51-68(15)16)107(143)120-85(38-28-33-43-112)96(132)60-81(48-65(9)10)102(138)114-72(20)89(125)53-70(18)99(135)121-87(50-67(13)14)97(133)55-76(34-24-29-39-108)101(137)122-86(49-66(11)12)93(129)52-69(17)98(113)134/h61-74,76-88H,24-60,108-112H2,1-23H3,(H2,113,134)(H,114,138)(H,115,139)(H,116,140)(H,117,124)(H,118,141)(H,119,142)(H,120,143)(H,121,135)(H,122,137)(H,123,136)/t69-,70-,71-,72+,73+,74+,76-,77?,78?,79?,80?,81-,82+,83+,84+,85+,86+,87+,88+/m0/s1. The first kappa shape index (κ1) is 134. The van der Waals surface area contributed by atoms with Crippen molar-refractivity contribution in [3.8, 4) is 0 Å². The van der Waals surface area contributed by atoms with Crippen molar-refractivity contribution in [2.24, 2.45) is 135 Å². The van der Waals surface area contributed by atoms with E-state index in [4.69, 9.17) is 34.4 Å². The molecule has 0 aliphatic heterocycles. The lowest BCUT2D eigenvalue weighted by Crippen LogP contribution is -2.53. The zero-order chi connectivity index (χ0) is 109. The Morgan fingerprint density at radius 1 is 0.189 bits per heavy atom. The summed E-state index contributed by atoms with van der Waals surface area (Å²) in [6.45, 7) is 41.8. The molecule has 0 aliphatic carbocycles. The molecule has 820 valence electrons. The maximum absolute atomic E-state index is 14.7. The summed E-state index contributed by atoms with van der Waals surface area (Å²) in [5.74, 6) is -20.0. The lowest BCUT2D eigenvalue weighted by atomic mass is 9.86. The number of carbonyl (C=O) groups excluding carboxylic acids is 20. The van der Waals surface area contributed by atoms with Gasteiger partial charge in [0.15, 0.2) is 52.0 Å². The Balaban J connectivity index is 6.84. The summed E-state index contributed by atoms with van der Waals surface area (Å²) in [4.78, 5) is 281. The number of hydrogen-bond acceptors (Lipinski definition) is 25. The molecule has 0 spiro atoms. The van der Waals surface area contributed by atoms with Crippen LogP contribution in [0.1, 0.15) is 365 Å². The number of primary amides is 1. The topological polar surface area (TPSA) is 618 Å². The normalized spacial score (nSPS) is 15.7. The largest absolute Gasteiger partial charge is 0.369 e. The van der Waals surface area contributed by atoms with E-state index in [0.29, 0.717) is 90.1 Å². The number of unbranched alkanes of at least 4 members (excludes halogenated alkanes) is 5. The quantitative estimate of drug-likeness (QED) is 0.0253. The Morgan fingerprint density at radius 3 is 0.671 bits per heavy atom. The zero-order valence-electron chi connectivity index (χ0n) is 91.4. The first-order valence-electron chi connectivity index (χ1n) is 53.4. The Hall–Kier alpha value is -9.00. The van der Waals surface area contributed by atoms with Gasteiger partial charge in [-0.1, -0.05) is 138 Å². The van der Waals surface area contributed by atoms with Crippen LogP contribution >= 0.6 is 0 Å². The third kappa shape index (κ3) is 57.1. The molecule has 0 aliphatic rings. The van der Waals surface area contributed by atoms with Crippen LogP contribution in [-0.2, 0) is 95.9 Å². The molecule has 22 N–H and O–H groups in total. The molecule has 19 atom stereocenters. The first-order chi connectivity index (χ1) is 66.9. The number of nitrogens with two attached hydrogens (primary N) is 6. The third-order valence-electron chi connectivity index (χ3n) is 26.0. The second-order valence-electron chi connectivity index (χ2n) is 44.1. The van der Waals surface area contributed by atoms with Crippen LogP contribution in [0.4, 0.5) is 0 Å². The van der Waals surface area contributed by atoms with Crippen molar-refractivity contribution in [2.75, 3.05) is 32.7 Å². The van der Waals surface area contributed by atoms with Gasteiger partial charge in [0.25, 0.3) is 0 Å². The average molecular weight is 2020 g/mol. The van der Waals surface area contributed by atoms with Gasteiger partial charge in [0, 0.05) is 118 Å². The van der Waals surface area contributed by atoms with Crippen molar-refractivity contribution in [3.63, 3.8) is 0 Å². The van der Waals surface area contributed by atoms with Crippen LogP contribution in [0.15, 0.2) is 0 Å². The van der Waals surface area contributed by atoms with Crippen molar-refractivity contribution < 1.29 is 95.9 Å². The van der Waals surface area contributed by atoms with Crippen LogP contribution in [0.5, 0.6) is 0 Å². The lowest BCUT2D eigenvalue weighted by molar-refractivity contribution is -0.137. The Kier molecular flexibility index (Phi) is 67.8. The number of hydrogen-bond donors (Lipinski definition) is 16. The minimum absolute atomic E-state index is 0.0117. The molecule has 0 radical (unpaired) electrons. The van der Waals surface area contributed by atoms with E-state index in [1.54, 1.807) is 0 Å². The van der Waals surface area contributed by atoms with Gasteiger partial charge in [0.1, 0.15) is 6.04 Å². The highest BCUT2D eigenvalue weighted by molar-refractivity contribution is 6.02. The van der Waals surface area contributed by atoms with Crippen LogP contribution in [0.2, 0.25) is 0 Å². The van der Waals surface area contributed by atoms with Gasteiger partial charge in [0.05, 0.1) is 54.4 Å². The molecule has 0 saturated carbocycles. The number of Topliss-reactive ketones (excluding diaryl/α,β-unsaturated/α-hetero) is 9. The molecule has 0 aromatic rings. The monoisotopic (exact) mass is 2020 g/mol. The molecule has 0 aromatic heterocycles. The molecule has 4 unspecified atom stereocenters. The first-order valence-corrected chi connectivity index (χ1v) is 53.4. The number of rotatable bonds is 83. The van der Waals surface area contributed by atoms with Crippen LogP contribution in [0, 0.1) is 101 Å². The fraction of sp³-hybridized carbons (Fsp3) is 0.813.